The predicted molar refractivity (Wildman–Crippen MR) is 106 cm³/mol. The molecule has 1 amide bonds. The quantitative estimate of drug-likeness (QED) is 0.695. The fourth-order valence-electron chi connectivity index (χ4n) is 2.85. The second-order valence-electron chi connectivity index (χ2n) is 5.60. The smallest absolute Gasteiger partial charge is 0.247 e. The Morgan fingerprint density at radius 2 is 1.92 bits per heavy atom. The number of amides is 1. The van der Waals surface area contributed by atoms with Crippen LogP contribution in [0.5, 0.6) is 17.2 Å². The Labute approximate surface area is 161 Å². The topological polar surface area (TPSA) is 48.0 Å². The minimum absolute atomic E-state index is 0.0000447. The average molecular weight is 392 g/mol. The molecule has 1 aliphatic rings. The van der Waals surface area contributed by atoms with Gasteiger partial charge in [0.15, 0.2) is 11.5 Å². The summed E-state index contributed by atoms with van der Waals surface area (Å²) in [6, 6.07) is 5.72. The van der Waals surface area contributed by atoms with Crippen LogP contribution in [0.3, 0.4) is 0 Å². The number of thioether (sulfide) groups is 1. The molecule has 1 aromatic carbocycles. The first-order valence-corrected chi connectivity index (χ1v) is 10.1. The number of nitrogens with zero attached hydrogens (tertiary/aromatic N) is 1. The van der Waals surface area contributed by atoms with Gasteiger partial charge in [0.2, 0.25) is 11.7 Å². The number of thiophene rings is 1. The van der Waals surface area contributed by atoms with Gasteiger partial charge < -0.3 is 19.1 Å². The van der Waals surface area contributed by atoms with Crippen LogP contribution in [0, 0.1) is 0 Å². The van der Waals surface area contributed by atoms with Crippen molar-refractivity contribution in [1.82, 2.24) is 4.90 Å². The summed E-state index contributed by atoms with van der Waals surface area (Å²) in [5, 5.41) is 4.24. The minimum atomic E-state index is -0.0000447. The van der Waals surface area contributed by atoms with E-state index in [1.807, 2.05) is 22.4 Å². The molecule has 1 atom stereocenters. The Morgan fingerprint density at radius 3 is 2.50 bits per heavy atom. The van der Waals surface area contributed by atoms with Crippen molar-refractivity contribution in [3.8, 4) is 17.2 Å². The van der Waals surface area contributed by atoms with Crippen molar-refractivity contribution in [1.29, 1.82) is 0 Å². The first-order chi connectivity index (χ1) is 12.7. The lowest BCUT2D eigenvalue weighted by Crippen LogP contribution is -2.28. The molecular weight excluding hydrogens is 370 g/mol. The van der Waals surface area contributed by atoms with E-state index in [2.05, 4.69) is 11.4 Å². The van der Waals surface area contributed by atoms with Crippen molar-refractivity contribution in [2.45, 2.75) is 5.37 Å². The highest BCUT2D eigenvalue weighted by molar-refractivity contribution is 7.99. The third kappa shape index (κ3) is 3.83. The fourth-order valence-corrected chi connectivity index (χ4v) is 4.87. The molecule has 2 aromatic rings. The summed E-state index contributed by atoms with van der Waals surface area (Å²) in [7, 11) is 4.71. The van der Waals surface area contributed by atoms with Gasteiger partial charge in [-0.2, -0.15) is 11.3 Å². The first-order valence-electron chi connectivity index (χ1n) is 8.10. The molecule has 1 aromatic heterocycles. The van der Waals surface area contributed by atoms with E-state index in [1.54, 1.807) is 56.6 Å². The van der Waals surface area contributed by atoms with Crippen LogP contribution in [0.15, 0.2) is 35.0 Å². The molecule has 1 saturated heterocycles. The molecule has 0 spiro atoms. The molecule has 0 bridgehead atoms. The van der Waals surface area contributed by atoms with E-state index < -0.39 is 0 Å². The van der Waals surface area contributed by atoms with Crippen molar-refractivity contribution in [3.05, 3.63) is 46.2 Å². The number of ether oxygens (including phenoxy) is 3. The number of methoxy groups -OCH3 is 3. The van der Waals surface area contributed by atoms with Crippen LogP contribution >= 0.6 is 23.1 Å². The number of carbonyl (C=O) groups excluding carboxylic acids is 1. The standard InChI is InChI=1S/C19H21NO4S2/c1-22-15-10-13(11-16(23-2)18(15)24-3)4-5-17(21)20-7-9-26-19(20)14-6-8-25-12-14/h4-6,8,10-12,19H,7,9H2,1-3H3/b5-4+. The summed E-state index contributed by atoms with van der Waals surface area (Å²) in [4.78, 5) is 14.6. The monoisotopic (exact) mass is 391 g/mol. The van der Waals surface area contributed by atoms with Crippen LogP contribution in [0.25, 0.3) is 6.08 Å². The van der Waals surface area contributed by atoms with Gasteiger partial charge in [-0.1, -0.05) is 0 Å². The minimum Gasteiger partial charge on any atom is -0.493 e. The van der Waals surface area contributed by atoms with E-state index in [1.165, 1.54) is 5.56 Å². The highest BCUT2D eigenvalue weighted by Gasteiger charge is 2.29. The highest BCUT2D eigenvalue weighted by atomic mass is 32.2. The summed E-state index contributed by atoms with van der Waals surface area (Å²) < 4.78 is 16.0. The summed E-state index contributed by atoms with van der Waals surface area (Å²) >= 11 is 3.45. The Bertz CT molecular complexity index is 764. The summed E-state index contributed by atoms with van der Waals surface area (Å²) in [5.74, 6) is 2.61. The molecule has 138 valence electrons. The normalized spacial score (nSPS) is 16.9. The number of hydrogen-bond donors (Lipinski definition) is 0. The largest absolute Gasteiger partial charge is 0.493 e. The molecule has 7 heteroatoms. The van der Waals surface area contributed by atoms with Crippen molar-refractivity contribution < 1.29 is 19.0 Å². The third-order valence-corrected chi connectivity index (χ3v) is 6.07. The molecular formula is C19H21NO4S2. The second-order valence-corrected chi connectivity index (χ2v) is 7.57. The van der Waals surface area contributed by atoms with Crippen molar-refractivity contribution >= 4 is 35.1 Å². The van der Waals surface area contributed by atoms with Crippen LogP contribution in [0.4, 0.5) is 0 Å². The number of rotatable bonds is 6. The second kappa shape index (κ2) is 8.51. The Balaban J connectivity index is 1.80. The third-order valence-electron chi connectivity index (χ3n) is 4.11. The van der Waals surface area contributed by atoms with E-state index in [9.17, 15) is 4.79 Å². The van der Waals surface area contributed by atoms with E-state index in [-0.39, 0.29) is 11.3 Å². The molecule has 1 fully saturated rings. The van der Waals surface area contributed by atoms with E-state index >= 15 is 0 Å². The lowest BCUT2D eigenvalue weighted by atomic mass is 10.1. The van der Waals surface area contributed by atoms with Crippen molar-refractivity contribution in [2.75, 3.05) is 33.6 Å². The molecule has 5 nitrogen and oxygen atoms in total. The molecule has 0 radical (unpaired) electrons. The van der Waals surface area contributed by atoms with Crippen molar-refractivity contribution in [3.63, 3.8) is 0 Å². The molecule has 3 rings (SSSR count). The number of benzene rings is 1. The van der Waals surface area contributed by atoms with Crippen LogP contribution in [-0.2, 0) is 4.79 Å². The Hall–Kier alpha value is -2.12. The van der Waals surface area contributed by atoms with Crippen LogP contribution in [0.1, 0.15) is 16.5 Å². The lowest BCUT2D eigenvalue weighted by molar-refractivity contribution is -0.126. The fraction of sp³-hybridized carbons (Fsp3) is 0.316. The Kier molecular flexibility index (Phi) is 6.11. The molecule has 0 saturated carbocycles. The summed E-state index contributed by atoms with van der Waals surface area (Å²) in [6.45, 7) is 0.754. The van der Waals surface area contributed by atoms with Gasteiger partial charge in [-0.3, -0.25) is 4.79 Å². The van der Waals surface area contributed by atoms with Crippen molar-refractivity contribution in [2.24, 2.45) is 0 Å². The van der Waals surface area contributed by atoms with E-state index in [0.29, 0.717) is 17.2 Å². The maximum Gasteiger partial charge on any atom is 0.247 e. The lowest BCUT2D eigenvalue weighted by Gasteiger charge is -2.21. The van der Waals surface area contributed by atoms with E-state index in [0.717, 1.165) is 17.9 Å². The van der Waals surface area contributed by atoms with Gasteiger partial charge in [0, 0.05) is 18.4 Å². The van der Waals surface area contributed by atoms with Crippen LogP contribution < -0.4 is 14.2 Å². The van der Waals surface area contributed by atoms with Gasteiger partial charge in [-0.15, -0.1) is 11.8 Å². The molecule has 2 heterocycles. The first kappa shape index (κ1) is 18.7. The van der Waals surface area contributed by atoms with Gasteiger partial charge in [0.25, 0.3) is 0 Å². The van der Waals surface area contributed by atoms with Crippen LogP contribution in [0.2, 0.25) is 0 Å². The van der Waals surface area contributed by atoms with Gasteiger partial charge >= 0.3 is 0 Å². The highest BCUT2D eigenvalue weighted by Crippen LogP contribution is 2.40. The zero-order chi connectivity index (χ0) is 18.5. The maximum atomic E-state index is 12.7. The molecule has 0 N–H and O–H groups in total. The maximum absolute atomic E-state index is 12.7. The zero-order valence-electron chi connectivity index (χ0n) is 14.9. The van der Waals surface area contributed by atoms with E-state index in [4.69, 9.17) is 14.2 Å². The van der Waals surface area contributed by atoms with Gasteiger partial charge in [0.1, 0.15) is 5.37 Å². The van der Waals surface area contributed by atoms with Gasteiger partial charge in [-0.25, -0.2) is 0 Å². The molecule has 0 aliphatic carbocycles. The number of hydrogen-bond acceptors (Lipinski definition) is 6. The Morgan fingerprint density at radius 1 is 1.19 bits per heavy atom. The molecule has 26 heavy (non-hydrogen) atoms. The SMILES string of the molecule is COc1cc(/C=C/C(=O)N2CCSC2c2ccsc2)cc(OC)c1OC. The van der Waals surface area contributed by atoms with Crippen LogP contribution in [-0.4, -0.2) is 44.4 Å². The summed E-state index contributed by atoms with van der Waals surface area (Å²) in [5.41, 5.74) is 2.00. The molecule has 1 aliphatic heterocycles. The van der Waals surface area contributed by atoms with Gasteiger partial charge in [0.05, 0.1) is 21.3 Å². The van der Waals surface area contributed by atoms with Gasteiger partial charge in [-0.05, 0) is 46.2 Å². The summed E-state index contributed by atoms with van der Waals surface area (Å²) in [6.07, 6.45) is 3.38. The zero-order valence-corrected chi connectivity index (χ0v) is 16.6. The average Bonchev–Trinajstić information content (AvgIpc) is 3.35. The number of carbonyl (C=O) groups is 1. The predicted octanol–water partition coefficient (Wildman–Crippen LogP) is 4.06. The molecule has 1 unspecified atom stereocenters.